The van der Waals surface area contributed by atoms with Crippen LogP contribution in [0.1, 0.15) is 0 Å². The first-order chi connectivity index (χ1) is 24.7. The van der Waals surface area contributed by atoms with E-state index in [1.54, 1.807) is 0 Å². The van der Waals surface area contributed by atoms with E-state index < -0.39 is 0 Å². The molecule has 0 fully saturated rings. The Bertz CT molecular complexity index is 2800. The van der Waals surface area contributed by atoms with E-state index in [0.29, 0.717) is 23.4 Å². The fraction of sp³-hybridized carbons (Fsp3) is 0. The summed E-state index contributed by atoms with van der Waals surface area (Å²) in [6.07, 6.45) is 0. The van der Waals surface area contributed by atoms with Crippen LogP contribution in [0.15, 0.2) is 167 Å². The largest absolute Gasteiger partial charge is 0.456 e. The van der Waals surface area contributed by atoms with Crippen LogP contribution in [0, 0.1) is 0 Å². The highest BCUT2D eigenvalue weighted by molar-refractivity contribution is 6.15. The SMILES string of the molecule is c1ccc(-c2nc(-c3ccccc3)nc(-c3cccc4cc(-c5cccc6oc7cc8nc(-c9ccccc9)oc8cc7c56)ccc34)n2)cc1. The number of fused-ring (bicyclic) bond motifs is 5. The lowest BCUT2D eigenvalue weighted by atomic mass is 9.95. The molecule has 234 valence electrons. The van der Waals surface area contributed by atoms with Gasteiger partial charge in [0, 0.05) is 39.1 Å². The van der Waals surface area contributed by atoms with Crippen molar-refractivity contribution in [3.8, 4) is 56.7 Å². The Kier molecular flexibility index (Phi) is 6.39. The Balaban J connectivity index is 1.11. The molecular formula is C44H26N4O2. The molecule has 0 aliphatic heterocycles. The molecule has 6 heteroatoms. The molecule has 0 bridgehead atoms. The van der Waals surface area contributed by atoms with Crippen LogP contribution in [0.25, 0.3) is 101 Å². The lowest BCUT2D eigenvalue weighted by molar-refractivity contribution is 0.620. The lowest BCUT2D eigenvalue weighted by Crippen LogP contribution is -2.00. The third-order valence-electron chi connectivity index (χ3n) is 9.16. The number of aromatic nitrogens is 4. The third kappa shape index (κ3) is 4.73. The van der Waals surface area contributed by atoms with E-state index in [1.165, 1.54) is 0 Å². The maximum absolute atomic E-state index is 6.39. The van der Waals surface area contributed by atoms with Gasteiger partial charge in [-0.05, 0) is 52.2 Å². The summed E-state index contributed by atoms with van der Waals surface area (Å²) in [5, 5.41) is 4.16. The van der Waals surface area contributed by atoms with Crippen LogP contribution >= 0.6 is 0 Å². The van der Waals surface area contributed by atoms with Crippen molar-refractivity contribution in [2.45, 2.75) is 0 Å². The Morgan fingerprint density at radius 2 is 1.00 bits per heavy atom. The summed E-state index contributed by atoms with van der Waals surface area (Å²) >= 11 is 0. The number of hydrogen-bond donors (Lipinski definition) is 0. The molecule has 7 aromatic carbocycles. The first kappa shape index (κ1) is 28.1. The van der Waals surface area contributed by atoms with Gasteiger partial charge in [0.05, 0.1) is 0 Å². The molecule has 10 aromatic rings. The van der Waals surface area contributed by atoms with Crippen LogP contribution < -0.4 is 0 Å². The molecule has 3 aromatic heterocycles. The minimum absolute atomic E-state index is 0.591. The van der Waals surface area contributed by atoms with Gasteiger partial charge in [-0.1, -0.05) is 121 Å². The van der Waals surface area contributed by atoms with E-state index >= 15 is 0 Å². The molecule has 0 saturated carbocycles. The highest BCUT2D eigenvalue weighted by Crippen LogP contribution is 2.40. The zero-order valence-electron chi connectivity index (χ0n) is 26.6. The summed E-state index contributed by atoms with van der Waals surface area (Å²) in [4.78, 5) is 19.6. The summed E-state index contributed by atoms with van der Waals surface area (Å²) in [6, 6.07) is 53.1. The zero-order valence-corrected chi connectivity index (χ0v) is 26.6. The number of furan rings is 1. The van der Waals surface area contributed by atoms with Gasteiger partial charge in [-0.3, -0.25) is 0 Å². The molecule has 6 nitrogen and oxygen atoms in total. The number of oxazole rings is 1. The Hall–Kier alpha value is -6.92. The predicted molar refractivity (Wildman–Crippen MR) is 199 cm³/mol. The van der Waals surface area contributed by atoms with Crippen molar-refractivity contribution >= 4 is 43.8 Å². The minimum Gasteiger partial charge on any atom is -0.456 e. The van der Waals surface area contributed by atoms with E-state index in [2.05, 4.69) is 42.5 Å². The van der Waals surface area contributed by atoms with Crippen LogP contribution in [-0.4, -0.2) is 19.9 Å². The molecule has 0 radical (unpaired) electrons. The van der Waals surface area contributed by atoms with Gasteiger partial charge in [0.25, 0.3) is 0 Å². The van der Waals surface area contributed by atoms with E-state index in [9.17, 15) is 0 Å². The standard InChI is InChI=1S/C44H26N4O2/c1-4-12-27(13-5-1)41-46-42(28-14-6-2-7-15-28)48-43(47-41)34-20-10-18-30-24-31(22-23-32(30)34)33-19-11-21-37-40(33)35-25-39-36(26-38(35)49-37)45-44(50-39)29-16-8-3-9-17-29/h1-26H. The summed E-state index contributed by atoms with van der Waals surface area (Å²) in [6.45, 7) is 0. The van der Waals surface area contributed by atoms with Gasteiger partial charge in [-0.25, -0.2) is 19.9 Å². The van der Waals surface area contributed by atoms with Crippen molar-refractivity contribution in [3.05, 3.63) is 158 Å². The molecule has 10 rings (SSSR count). The first-order valence-electron chi connectivity index (χ1n) is 16.5. The summed E-state index contributed by atoms with van der Waals surface area (Å²) < 4.78 is 12.6. The number of nitrogens with zero attached hydrogens (tertiary/aromatic N) is 4. The fourth-order valence-electron chi connectivity index (χ4n) is 6.77. The molecule has 0 amide bonds. The molecule has 0 aliphatic rings. The molecule has 0 unspecified atom stereocenters. The molecule has 0 spiro atoms. The van der Waals surface area contributed by atoms with Gasteiger partial charge in [-0.15, -0.1) is 0 Å². The van der Waals surface area contributed by atoms with Crippen LogP contribution in [0.3, 0.4) is 0 Å². The molecule has 0 N–H and O–H groups in total. The smallest absolute Gasteiger partial charge is 0.227 e. The summed E-state index contributed by atoms with van der Waals surface area (Å²) in [7, 11) is 0. The summed E-state index contributed by atoms with van der Waals surface area (Å²) in [5.74, 6) is 2.50. The molecule has 3 heterocycles. The van der Waals surface area contributed by atoms with Gasteiger partial charge in [0.1, 0.15) is 16.7 Å². The zero-order chi connectivity index (χ0) is 33.0. The molecule has 0 saturated heterocycles. The maximum atomic E-state index is 6.39. The minimum atomic E-state index is 0.591. The van der Waals surface area contributed by atoms with Gasteiger partial charge < -0.3 is 8.83 Å². The van der Waals surface area contributed by atoms with Crippen molar-refractivity contribution in [1.82, 2.24) is 19.9 Å². The highest BCUT2D eigenvalue weighted by atomic mass is 16.4. The monoisotopic (exact) mass is 642 g/mol. The second-order valence-electron chi connectivity index (χ2n) is 12.3. The van der Waals surface area contributed by atoms with Crippen molar-refractivity contribution in [2.24, 2.45) is 0 Å². The van der Waals surface area contributed by atoms with E-state index in [1.807, 2.05) is 115 Å². The van der Waals surface area contributed by atoms with Crippen molar-refractivity contribution in [3.63, 3.8) is 0 Å². The number of rotatable bonds is 5. The van der Waals surface area contributed by atoms with Crippen LogP contribution in [-0.2, 0) is 0 Å². The average molecular weight is 643 g/mol. The topological polar surface area (TPSA) is 77.8 Å². The van der Waals surface area contributed by atoms with E-state index in [-0.39, 0.29) is 0 Å². The number of hydrogen-bond acceptors (Lipinski definition) is 6. The van der Waals surface area contributed by atoms with Crippen LogP contribution in [0.5, 0.6) is 0 Å². The summed E-state index contributed by atoms with van der Waals surface area (Å²) in [5.41, 5.74) is 8.99. The quantitative estimate of drug-likeness (QED) is 0.186. The second-order valence-corrected chi connectivity index (χ2v) is 12.3. The van der Waals surface area contributed by atoms with Crippen molar-refractivity contribution in [2.75, 3.05) is 0 Å². The van der Waals surface area contributed by atoms with Gasteiger partial charge in [-0.2, -0.15) is 0 Å². The third-order valence-corrected chi connectivity index (χ3v) is 9.16. The molecular weight excluding hydrogens is 617 g/mol. The lowest BCUT2D eigenvalue weighted by Gasteiger charge is -2.11. The molecule has 0 aliphatic carbocycles. The Labute approximate surface area is 286 Å². The van der Waals surface area contributed by atoms with Crippen molar-refractivity contribution in [1.29, 1.82) is 0 Å². The molecule has 50 heavy (non-hydrogen) atoms. The van der Waals surface area contributed by atoms with Gasteiger partial charge in [0.15, 0.2) is 23.1 Å². The first-order valence-corrected chi connectivity index (χ1v) is 16.5. The highest BCUT2D eigenvalue weighted by Gasteiger charge is 2.18. The second kappa shape index (κ2) is 11.4. The van der Waals surface area contributed by atoms with Crippen LogP contribution in [0.4, 0.5) is 0 Å². The predicted octanol–water partition coefficient (Wildman–Crippen LogP) is 11.4. The normalized spacial score (nSPS) is 11.6. The van der Waals surface area contributed by atoms with Gasteiger partial charge in [0.2, 0.25) is 5.89 Å². The number of benzene rings is 7. The average Bonchev–Trinajstić information content (AvgIpc) is 3.78. The Morgan fingerprint density at radius 1 is 0.360 bits per heavy atom. The van der Waals surface area contributed by atoms with Crippen molar-refractivity contribution < 1.29 is 8.83 Å². The van der Waals surface area contributed by atoms with Crippen LogP contribution in [0.2, 0.25) is 0 Å². The van der Waals surface area contributed by atoms with E-state index in [4.69, 9.17) is 28.8 Å². The maximum Gasteiger partial charge on any atom is 0.227 e. The Morgan fingerprint density at radius 3 is 1.72 bits per heavy atom. The fourth-order valence-corrected chi connectivity index (χ4v) is 6.77. The van der Waals surface area contributed by atoms with E-state index in [0.717, 1.165) is 77.2 Å². The molecule has 0 atom stereocenters. The van der Waals surface area contributed by atoms with Gasteiger partial charge >= 0.3 is 0 Å².